The average molecular weight is 284 g/mol. The highest BCUT2D eigenvalue weighted by atomic mass is 35.5. The average Bonchev–Trinajstić information content (AvgIpc) is 2.75. The van der Waals surface area contributed by atoms with Gasteiger partial charge in [-0.2, -0.15) is 0 Å². The predicted octanol–water partition coefficient (Wildman–Crippen LogP) is 2.06. The highest BCUT2D eigenvalue weighted by Gasteiger charge is 1.99. The van der Waals surface area contributed by atoms with Crippen molar-refractivity contribution in [2.24, 2.45) is 0 Å². The molecule has 0 aliphatic carbocycles. The molecule has 6 heteroatoms. The van der Waals surface area contributed by atoms with Crippen LogP contribution in [0, 0.1) is 6.92 Å². The lowest BCUT2D eigenvalue weighted by atomic mass is 10.4. The Morgan fingerprint density at radius 2 is 2.33 bits per heavy atom. The van der Waals surface area contributed by atoms with E-state index in [-0.39, 0.29) is 5.69 Å². The summed E-state index contributed by atoms with van der Waals surface area (Å²) in [4.78, 5) is 17.7. The van der Waals surface area contributed by atoms with Gasteiger partial charge in [0.15, 0.2) is 0 Å². The third kappa shape index (κ3) is 3.66. The second-order valence-electron chi connectivity index (χ2n) is 3.94. The molecule has 0 unspecified atom stereocenters. The molecular weight excluding hydrogens is 270 g/mol. The number of hydrogen-bond donors (Lipinski definition) is 1. The molecule has 0 radical (unpaired) electrons. The Hall–Kier alpha value is -1.17. The number of rotatable bonds is 5. The van der Waals surface area contributed by atoms with Gasteiger partial charge >= 0.3 is 5.69 Å². The van der Waals surface area contributed by atoms with Crippen molar-refractivity contribution in [2.45, 2.75) is 20.0 Å². The third-order valence-electron chi connectivity index (χ3n) is 2.45. The van der Waals surface area contributed by atoms with E-state index < -0.39 is 0 Å². The number of halogens is 1. The van der Waals surface area contributed by atoms with Gasteiger partial charge in [-0.15, -0.1) is 11.3 Å². The Morgan fingerprint density at radius 1 is 1.50 bits per heavy atom. The van der Waals surface area contributed by atoms with Crippen LogP contribution in [0.3, 0.4) is 0 Å². The summed E-state index contributed by atoms with van der Waals surface area (Å²) < 4.78 is 1.51. The van der Waals surface area contributed by atoms with Crippen LogP contribution in [0.25, 0.3) is 0 Å². The molecule has 0 aliphatic heterocycles. The van der Waals surface area contributed by atoms with Crippen LogP contribution in [0.1, 0.15) is 9.75 Å². The number of hydrogen-bond acceptors (Lipinski definition) is 4. The lowest BCUT2D eigenvalue weighted by molar-refractivity contribution is 0.578. The molecular formula is C12H14ClN3OS. The molecule has 2 heterocycles. The molecule has 2 rings (SSSR count). The maximum Gasteiger partial charge on any atom is 0.347 e. The minimum atomic E-state index is -0.270. The molecule has 0 saturated carbocycles. The van der Waals surface area contributed by atoms with Gasteiger partial charge in [0, 0.05) is 35.6 Å². The van der Waals surface area contributed by atoms with Gasteiger partial charge in [0.1, 0.15) is 0 Å². The van der Waals surface area contributed by atoms with Crippen LogP contribution in [0.4, 0.5) is 0 Å². The van der Waals surface area contributed by atoms with E-state index >= 15 is 0 Å². The van der Waals surface area contributed by atoms with Gasteiger partial charge in [0.25, 0.3) is 0 Å². The monoisotopic (exact) mass is 283 g/mol. The Kier molecular flexibility index (Phi) is 4.52. The fourth-order valence-electron chi connectivity index (χ4n) is 1.58. The molecule has 96 valence electrons. The van der Waals surface area contributed by atoms with Crippen molar-refractivity contribution >= 4 is 22.9 Å². The minimum absolute atomic E-state index is 0.270. The Bertz CT molecular complexity index is 579. The summed E-state index contributed by atoms with van der Waals surface area (Å²) in [6.07, 6.45) is 2.97. The highest BCUT2D eigenvalue weighted by Crippen LogP contribution is 2.14. The van der Waals surface area contributed by atoms with Gasteiger partial charge in [0.05, 0.1) is 11.2 Å². The van der Waals surface area contributed by atoms with Crippen LogP contribution in [0.15, 0.2) is 29.3 Å². The van der Waals surface area contributed by atoms with Gasteiger partial charge < -0.3 is 5.32 Å². The van der Waals surface area contributed by atoms with Gasteiger partial charge in [-0.1, -0.05) is 11.6 Å². The molecule has 0 aliphatic rings. The second kappa shape index (κ2) is 6.13. The Labute approximate surface area is 114 Å². The fourth-order valence-corrected chi connectivity index (χ4v) is 2.61. The third-order valence-corrected chi connectivity index (χ3v) is 3.64. The number of aromatic nitrogens is 2. The van der Waals surface area contributed by atoms with Gasteiger partial charge in [-0.3, -0.25) is 4.57 Å². The zero-order chi connectivity index (χ0) is 13.0. The smallest absolute Gasteiger partial charge is 0.310 e. The molecule has 0 atom stereocenters. The topological polar surface area (TPSA) is 46.9 Å². The van der Waals surface area contributed by atoms with Gasteiger partial charge in [-0.25, -0.2) is 9.78 Å². The summed E-state index contributed by atoms with van der Waals surface area (Å²) in [6.45, 7) is 4.18. The van der Waals surface area contributed by atoms with E-state index in [1.54, 1.807) is 17.5 Å². The zero-order valence-corrected chi connectivity index (χ0v) is 11.6. The van der Waals surface area contributed by atoms with Crippen molar-refractivity contribution < 1.29 is 0 Å². The van der Waals surface area contributed by atoms with Crippen LogP contribution in [0.2, 0.25) is 5.02 Å². The molecule has 0 aromatic carbocycles. The first-order chi connectivity index (χ1) is 8.65. The summed E-state index contributed by atoms with van der Waals surface area (Å²) >= 11 is 7.56. The van der Waals surface area contributed by atoms with Crippen molar-refractivity contribution in [2.75, 3.05) is 6.54 Å². The Morgan fingerprint density at radius 3 is 3.06 bits per heavy atom. The van der Waals surface area contributed by atoms with Crippen molar-refractivity contribution in [1.82, 2.24) is 14.9 Å². The molecule has 0 bridgehead atoms. The first-order valence-corrected chi connectivity index (χ1v) is 6.82. The van der Waals surface area contributed by atoms with Crippen LogP contribution in [-0.4, -0.2) is 16.1 Å². The molecule has 0 fully saturated rings. The maximum absolute atomic E-state index is 11.4. The number of aryl methyl sites for hydroxylation is 1. The first kappa shape index (κ1) is 13.3. The van der Waals surface area contributed by atoms with E-state index in [9.17, 15) is 4.79 Å². The maximum atomic E-state index is 11.4. The van der Waals surface area contributed by atoms with E-state index in [1.807, 2.05) is 0 Å². The molecule has 18 heavy (non-hydrogen) atoms. The van der Waals surface area contributed by atoms with Crippen LogP contribution in [-0.2, 0) is 13.1 Å². The summed E-state index contributed by atoms with van der Waals surface area (Å²) in [6, 6.07) is 4.22. The summed E-state index contributed by atoms with van der Waals surface area (Å²) in [5.41, 5.74) is -0.270. The zero-order valence-electron chi connectivity index (χ0n) is 10.0. The standard InChI is InChI=1S/C12H14ClN3OS/c1-9-2-3-11(18-9)7-14-4-5-16-8-10(13)6-15-12(16)17/h2-3,6,8,14H,4-5,7H2,1H3. The molecule has 2 aromatic rings. The molecule has 1 N–H and O–H groups in total. The molecule has 4 nitrogen and oxygen atoms in total. The highest BCUT2D eigenvalue weighted by molar-refractivity contribution is 7.11. The van der Waals surface area contributed by atoms with E-state index in [1.165, 1.54) is 20.5 Å². The van der Waals surface area contributed by atoms with Gasteiger partial charge in [-0.05, 0) is 19.1 Å². The van der Waals surface area contributed by atoms with Crippen LogP contribution >= 0.6 is 22.9 Å². The van der Waals surface area contributed by atoms with E-state index in [0.29, 0.717) is 18.1 Å². The quantitative estimate of drug-likeness (QED) is 0.855. The predicted molar refractivity (Wildman–Crippen MR) is 74.3 cm³/mol. The van der Waals surface area contributed by atoms with Gasteiger partial charge in [0.2, 0.25) is 0 Å². The van der Waals surface area contributed by atoms with Crippen molar-refractivity contribution in [3.63, 3.8) is 0 Å². The van der Waals surface area contributed by atoms with Crippen molar-refractivity contribution in [3.05, 3.63) is 49.8 Å². The number of nitrogens with zero attached hydrogens (tertiary/aromatic N) is 2. The second-order valence-corrected chi connectivity index (χ2v) is 5.75. The first-order valence-electron chi connectivity index (χ1n) is 5.63. The number of nitrogens with one attached hydrogen (secondary N) is 1. The van der Waals surface area contributed by atoms with E-state index in [4.69, 9.17) is 11.6 Å². The van der Waals surface area contributed by atoms with E-state index in [0.717, 1.165) is 6.54 Å². The van der Waals surface area contributed by atoms with Crippen molar-refractivity contribution in [3.8, 4) is 0 Å². The SMILES string of the molecule is Cc1ccc(CNCCn2cc(Cl)cnc2=O)s1. The normalized spacial score (nSPS) is 10.8. The molecule has 2 aromatic heterocycles. The van der Waals surface area contributed by atoms with Crippen molar-refractivity contribution in [1.29, 1.82) is 0 Å². The molecule has 0 amide bonds. The fraction of sp³-hybridized carbons (Fsp3) is 0.333. The lowest BCUT2D eigenvalue weighted by Gasteiger charge is -2.06. The lowest BCUT2D eigenvalue weighted by Crippen LogP contribution is -2.27. The number of thiophene rings is 1. The Balaban J connectivity index is 1.82. The van der Waals surface area contributed by atoms with Crippen LogP contribution in [0.5, 0.6) is 0 Å². The molecule has 0 saturated heterocycles. The molecule has 0 spiro atoms. The largest absolute Gasteiger partial charge is 0.347 e. The summed E-state index contributed by atoms with van der Waals surface area (Å²) in [7, 11) is 0. The van der Waals surface area contributed by atoms with E-state index in [2.05, 4.69) is 29.4 Å². The minimum Gasteiger partial charge on any atom is -0.310 e. The van der Waals surface area contributed by atoms with Crippen LogP contribution < -0.4 is 11.0 Å². The summed E-state index contributed by atoms with van der Waals surface area (Å²) in [5.74, 6) is 0. The summed E-state index contributed by atoms with van der Waals surface area (Å²) in [5, 5.41) is 3.77.